The number of amides is 1. The van der Waals surface area contributed by atoms with Crippen molar-refractivity contribution in [1.29, 1.82) is 0 Å². The molecule has 0 spiro atoms. The van der Waals surface area contributed by atoms with Gasteiger partial charge >= 0.3 is 6.09 Å². The van der Waals surface area contributed by atoms with Gasteiger partial charge in [0, 0.05) is 6.20 Å². The fourth-order valence-corrected chi connectivity index (χ4v) is 1.44. The SMILES string of the molecule is CC/C(=N/N(C(=O)O)C(C)(C)C)c1ccccn1. The van der Waals surface area contributed by atoms with Crippen LogP contribution in [0, 0.1) is 0 Å². The van der Waals surface area contributed by atoms with Gasteiger partial charge in [0.05, 0.1) is 16.9 Å². The zero-order valence-corrected chi connectivity index (χ0v) is 11.2. The van der Waals surface area contributed by atoms with Crippen LogP contribution in [0.2, 0.25) is 0 Å². The van der Waals surface area contributed by atoms with E-state index in [1.54, 1.807) is 27.0 Å². The lowest BCUT2D eigenvalue weighted by molar-refractivity contribution is 0.103. The van der Waals surface area contributed by atoms with Gasteiger partial charge in [-0.1, -0.05) is 13.0 Å². The van der Waals surface area contributed by atoms with Crippen LogP contribution >= 0.6 is 0 Å². The quantitative estimate of drug-likeness (QED) is 0.661. The molecule has 98 valence electrons. The Labute approximate surface area is 107 Å². The van der Waals surface area contributed by atoms with Crippen molar-refractivity contribution in [3.8, 4) is 0 Å². The predicted octanol–water partition coefficient (Wildman–Crippen LogP) is 2.97. The van der Waals surface area contributed by atoms with Crippen molar-refractivity contribution < 1.29 is 9.90 Å². The molecule has 0 aliphatic heterocycles. The Bertz CT molecular complexity index is 435. The minimum Gasteiger partial charge on any atom is -0.464 e. The van der Waals surface area contributed by atoms with E-state index in [1.807, 2.05) is 25.1 Å². The van der Waals surface area contributed by atoms with Crippen molar-refractivity contribution in [2.45, 2.75) is 39.7 Å². The number of aromatic nitrogens is 1. The van der Waals surface area contributed by atoms with Crippen molar-refractivity contribution in [3.63, 3.8) is 0 Å². The van der Waals surface area contributed by atoms with Gasteiger partial charge in [-0.05, 0) is 39.3 Å². The van der Waals surface area contributed by atoms with E-state index >= 15 is 0 Å². The summed E-state index contributed by atoms with van der Waals surface area (Å²) in [4.78, 5) is 15.4. The molecule has 1 rings (SSSR count). The second kappa shape index (κ2) is 5.62. The summed E-state index contributed by atoms with van der Waals surface area (Å²) in [5.41, 5.74) is 0.782. The Hall–Kier alpha value is -1.91. The molecule has 1 aromatic rings. The average molecular weight is 249 g/mol. The van der Waals surface area contributed by atoms with Crippen molar-refractivity contribution in [2.75, 3.05) is 0 Å². The maximum Gasteiger partial charge on any atom is 0.428 e. The minimum absolute atomic E-state index is 0.582. The molecule has 0 atom stereocenters. The molecule has 1 heterocycles. The van der Waals surface area contributed by atoms with E-state index in [2.05, 4.69) is 10.1 Å². The fourth-order valence-electron chi connectivity index (χ4n) is 1.44. The van der Waals surface area contributed by atoms with Crippen molar-refractivity contribution in [1.82, 2.24) is 9.99 Å². The standard InChI is InChI=1S/C13H19N3O2/c1-5-10(11-8-6-7-9-14-11)15-16(12(17)18)13(2,3)4/h6-9H,5H2,1-4H3,(H,17,18)/b15-10-. The number of carboxylic acid groups (broad SMARTS) is 1. The van der Waals surface area contributed by atoms with Gasteiger partial charge in [0.2, 0.25) is 0 Å². The highest BCUT2D eigenvalue weighted by molar-refractivity contribution is 5.99. The predicted molar refractivity (Wildman–Crippen MR) is 70.7 cm³/mol. The van der Waals surface area contributed by atoms with Crippen LogP contribution in [0.15, 0.2) is 29.5 Å². The van der Waals surface area contributed by atoms with Crippen LogP contribution in [-0.2, 0) is 0 Å². The first kappa shape index (κ1) is 14.2. The Balaban J connectivity index is 3.14. The van der Waals surface area contributed by atoms with Crippen LogP contribution in [0.4, 0.5) is 4.79 Å². The van der Waals surface area contributed by atoms with Gasteiger partial charge in [-0.25, -0.2) is 4.79 Å². The zero-order chi connectivity index (χ0) is 13.8. The number of rotatable bonds is 3. The highest BCUT2D eigenvalue weighted by atomic mass is 16.4. The summed E-state index contributed by atoms with van der Waals surface area (Å²) >= 11 is 0. The first-order valence-corrected chi connectivity index (χ1v) is 5.88. The van der Waals surface area contributed by atoms with Gasteiger partial charge in [-0.15, -0.1) is 0 Å². The lowest BCUT2D eigenvalue weighted by Crippen LogP contribution is -2.41. The van der Waals surface area contributed by atoms with E-state index < -0.39 is 11.6 Å². The fraction of sp³-hybridized carbons (Fsp3) is 0.462. The Morgan fingerprint density at radius 1 is 1.44 bits per heavy atom. The zero-order valence-electron chi connectivity index (χ0n) is 11.2. The first-order chi connectivity index (χ1) is 8.36. The molecule has 0 radical (unpaired) electrons. The molecule has 0 aromatic carbocycles. The van der Waals surface area contributed by atoms with E-state index in [-0.39, 0.29) is 0 Å². The van der Waals surface area contributed by atoms with E-state index in [1.165, 1.54) is 0 Å². The first-order valence-electron chi connectivity index (χ1n) is 5.88. The molecule has 1 aromatic heterocycles. The maximum absolute atomic E-state index is 11.2. The number of hydrogen-bond acceptors (Lipinski definition) is 3. The number of carbonyl (C=O) groups is 1. The summed E-state index contributed by atoms with van der Waals surface area (Å²) in [6, 6.07) is 5.50. The van der Waals surface area contributed by atoms with Gasteiger partial charge in [0.1, 0.15) is 0 Å². The molecule has 5 nitrogen and oxygen atoms in total. The highest BCUT2D eigenvalue weighted by Gasteiger charge is 2.26. The summed E-state index contributed by atoms with van der Waals surface area (Å²) in [7, 11) is 0. The molecule has 0 unspecified atom stereocenters. The van der Waals surface area contributed by atoms with Gasteiger partial charge < -0.3 is 5.11 Å². The topological polar surface area (TPSA) is 65.8 Å². The molecule has 18 heavy (non-hydrogen) atoms. The summed E-state index contributed by atoms with van der Waals surface area (Å²) in [5.74, 6) is 0. The maximum atomic E-state index is 11.2. The van der Waals surface area contributed by atoms with E-state index in [9.17, 15) is 9.90 Å². The van der Waals surface area contributed by atoms with E-state index in [4.69, 9.17) is 0 Å². The van der Waals surface area contributed by atoms with Crippen LogP contribution in [0.25, 0.3) is 0 Å². The molecule has 0 aliphatic rings. The van der Waals surface area contributed by atoms with Crippen LogP contribution in [0.5, 0.6) is 0 Å². The summed E-state index contributed by atoms with van der Waals surface area (Å²) in [6.45, 7) is 7.33. The Kier molecular flexibility index (Phi) is 4.42. The third-order valence-corrected chi connectivity index (χ3v) is 2.33. The minimum atomic E-state index is -1.07. The van der Waals surface area contributed by atoms with Gasteiger partial charge in [-0.3, -0.25) is 4.98 Å². The van der Waals surface area contributed by atoms with Crippen LogP contribution in [0.1, 0.15) is 39.8 Å². The van der Waals surface area contributed by atoms with Crippen molar-refractivity contribution in [3.05, 3.63) is 30.1 Å². The number of hydrogen-bond donors (Lipinski definition) is 1. The molecule has 0 fully saturated rings. The lowest BCUT2D eigenvalue weighted by Gasteiger charge is -2.29. The molecule has 1 N–H and O–H groups in total. The summed E-state index contributed by atoms with van der Waals surface area (Å²) < 4.78 is 0. The second-order valence-corrected chi connectivity index (χ2v) is 4.88. The summed E-state index contributed by atoms with van der Waals surface area (Å²) in [5, 5.41) is 14.5. The van der Waals surface area contributed by atoms with Gasteiger partial charge in [0.25, 0.3) is 0 Å². The molecule has 0 aliphatic carbocycles. The molecule has 5 heteroatoms. The number of hydrazone groups is 1. The third kappa shape index (κ3) is 3.55. The normalized spacial score (nSPS) is 12.3. The largest absolute Gasteiger partial charge is 0.464 e. The molecular weight excluding hydrogens is 230 g/mol. The average Bonchev–Trinajstić information content (AvgIpc) is 2.29. The van der Waals surface area contributed by atoms with E-state index in [0.29, 0.717) is 17.8 Å². The molecule has 0 saturated carbocycles. The lowest BCUT2D eigenvalue weighted by atomic mass is 10.1. The number of nitrogens with zero attached hydrogens (tertiary/aromatic N) is 3. The third-order valence-electron chi connectivity index (χ3n) is 2.33. The van der Waals surface area contributed by atoms with Crippen LogP contribution in [-0.4, -0.2) is 32.4 Å². The molecular formula is C13H19N3O2. The molecule has 1 amide bonds. The van der Waals surface area contributed by atoms with Crippen LogP contribution < -0.4 is 0 Å². The Morgan fingerprint density at radius 3 is 2.50 bits per heavy atom. The van der Waals surface area contributed by atoms with Crippen molar-refractivity contribution in [2.24, 2.45) is 5.10 Å². The van der Waals surface area contributed by atoms with Crippen molar-refractivity contribution >= 4 is 11.8 Å². The molecule has 0 saturated heterocycles. The van der Waals surface area contributed by atoms with Gasteiger partial charge in [0.15, 0.2) is 0 Å². The molecule has 0 bridgehead atoms. The smallest absolute Gasteiger partial charge is 0.428 e. The summed E-state index contributed by atoms with van der Waals surface area (Å²) in [6.07, 6.45) is 1.23. The van der Waals surface area contributed by atoms with Gasteiger partial charge in [-0.2, -0.15) is 10.1 Å². The second-order valence-electron chi connectivity index (χ2n) is 4.88. The van der Waals surface area contributed by atoms with Crippen LogP contribution in [0.3, 0.4) is 0 Å². The Morgan fingerprint density at radius 2 is 2.11 bits per heavy atom. The van der Waals surface area contributed by atoms with E-state index in [0.717, 1.165) is 5.01 Å². The monoisotopic (exact) mass is 249 g/mol. The number of pyridine rings is 1. The highest BCUT2D eigenvalue weighted by Crippen LogP contribution is 2.15.